The second-order valence-electron chi connectivity index (χ2n) is 4.96. The maximum absolute atomic E-state index is 13.1. The van der Waals surface area contributed by atoms with Crippen molar-refractivity contribution in [1.29, 1.82) is 0 Å². The molecule has 1 fully saturated rings. The van der Waals surface area contributed by atoms with Gasteiger partial charge < -0.3 is 5.32 Å². The van der Waals surface area contributed by atoms with Crippen LogP contribution < -0.4 is 5.32 Å². The maximum atomic E-state index is 13.1. The van der Waals surface area contributed by atoms with Crippen molar-refractivity contribution in [2.45, 2.75) is 12.2 Å². The van der Waals surface area contributed by atoms with Gasteiger partial charge >= 0.3 is 0 Å². The monoisotopic (exact) mass is 286 g/mol. The van der Waals surface area contributed by atoms with Crippen LogP contribution in [0.1, 0.15) is 12.0 Å². The van der Waals surface area contributed by atoms with E-state index in [-0.39, 0.29) is 5.75 Å². The van der Waals surface area contributed by atoms with Crippen LogP contribution in [-0.4, -0.2) is 39.4 Å². The third kappa shape index (κ3) is 3.75. The van der Waals surface area contributed by atoms with Gasteiger partial charge in [-0.25, -0.2) is 17.1 Å². The highest BCUT2D eigenvalue weighted by Gasteiger charge is 2.30. The fourth-order valence-corrected chi connectivity index (χ4v) is 4.04. The number of sulfonamides is 1. The van der Waals surface area contributed by atoms with Crippen molar-refractivity contribution >= 4 is 10.0 Å². The van der Waals surface area contributed by atoms with Crippen LogP contribution >= 0.6 is 0 Å². The van der Waals surface area contributed by atoms with Crippen molar-refractivity contribution < 1.29 is 12.8 Å². The van der Waals surface area contributed by atoms with Crippen LogP contribution in [0.5, 0.6) is 0 Å². The Balaban J connectivity index is 2.03. The smallest absolute Gasteiger partial charge is 0.218 e. The van der Waals surface area contributed by atoms with Gasteiger partial charge in [0.05, 0.1) is 5.75 Å². The third-order valence-electron chi connectivity index (χ3n) is 3.37. The zero-order valence-corrected chi connectivity index (χ0v) is 11.8. The van der Waals surface area contributed by atoms with E-state index in [2.05, 4.69) is 5.32 Å². The van der Waals surface area contributed by atoms with Gasteiger partial charge in [-0.3, -0.25) is 0 Å². The lowest BCUT2D eigenvalue weighted by Gasteiger charge is -2.16. The first-order chi connectivity index (χ1) is 9.01. The molecular formula is C13H19FN2O2S. The molecule has 1 aliphatic heterocycles. The number of hydrogen-bond donors (Lipinski definition) is 1. The normalized spacial score (nSPS) is 20.8. The van der Waals surface area contributed by atoms with Crippen molar-refractivity contribution in [2.75, 3.05) is 26.7 Å². The summed E-state index contributed by atoms with van der Waals surface area (Å²) < 4.78 is 39.1. The molecule has 6 heteroatoms. The SMILES string of the molecule is CNCC1CCN(S(=O)(=O)Cc2cccc(F)c2)C1. The predicted molar refractivity (Wildman–Crippen MR) is 72.6 cm³/mol. The summed E-state index contributed by atoms with van der Waals surface area (Å²) >= 11 is 0. The molecule has 1 unspecified atom stereocenters. The summed E-state index contributed by atoms with van der Waals surface area (Å²) in [7, 11) is -1.48. The van der Waals surface area contributed by atoms with Crippen LogP contribution in [0.3, 0.4) is 0 Å². The Bertz CT molecular complexity index is 533. The minimum Gasteiger partial charge on any atom is -0.319 e. The van der Waals surface area contributed by atoms with Crippen LogP contribution in [0.2, 0.25) is 0 Å². The quantitative estimate of drug-likeness (QED) is 0.885. The number of hydrogen-bond acceptors (Lipinski definition) is 3. The molecule has 1 N–H and O–H groups in total. The molecular weight excluding hydrogens is 267 g/mol. The maximum Gasteiger partial charge on any atom is 0.218 e. The summed E-state index contributed by atoms with van der Waals surface area (Å²) in [5.41, 5.74) is 0.497. The summed E-state index contributed by atoms with van der Waals surface area (Å²) in [6, 6.07) is 5.77. The van der Waals surface area contributed by atoms with E-state index in [0.29, 0.717) is 24.6 Å². The van der Waals surface area contributed by atoms with E-state index in [4.69, 9.17) is 0 Å². The predicted octanol–water partition coefficient (Wildman–Crippen LogP) is 1.20. The van der Waals surface area contributed by atoms with E-state index >= 15 is 0 Å². The standard InChI is InChI=1S/C13H19FN2O2S/c1-15-8-12-5-6-16(9-12)19(17,18)10-11-3-2-4-13(14)7-11/h2-4,7,12,15H,5-6,8-10H2,1H3. The van der Waals surface area contributed by atoms with Gasteiger partial charge in [0, 0.05) is 13.1 Å². The van der Waals surface area contributed by atoms with Gasteiger partial charge in [-0.2, -0.15) is 0 Å². The van der Waals surface area contributed by atoms with Gasteiger partial charge in [-0.15, -0.1) is 0 Å². The first-order valence-electron chi connectivity index (χ1n) is 6.38. The Kier molecular flexibility index (Phi) is 4.54. The molecule has 1 aliphatic rings. The topological polar surface area (TPSA) is 49.4 Å². The Morgan fingerprint density at radius 3 is 2.95 bits per heavy atom. The van der Waals surface area contributed by atoms with Gasteiger partial charge in [0.25, 0.3) is 0 Å². The minimum atomic E-state index is -3.34. The summed E-state index contributed by atoms with van der Waals surface area (Å²) in [6.07, 6.45) is 0.878. The second-order valence-corrected chi connectivity index (χ2v) is 6.93. The highest BCUT2D eigenvalue weighted by molar-refractivity contribution is 7.88. The summed E-state index contributed by atoms with van der Waals surface area (Å²) in [4.78, 5) is 0. The number of nitrogens with one attached hydrogen (secondary N) is 1. The molecule has 1 aromatic carbocycles. The Labute approximate surface area is 113 Å². The highest BCUT2D eigenvalue weighted by Crippen LogP contribution is 2.21. The molecule has 0 saturated carbocycles. The molecule has 0 bridgehead atoms. The third-order valence-corrected chi connectivity index (χ3v) is 5.19. The number of nitrogens with zero attached hydrogens (tertiary/aromatic N) is 1. The van der Waals surface area contributed by atoms with Crippen molar-refractivity contribution in [3.8, 4) is 0 Å². The van der Waals surface area contributed by atoms with E-state index in [0.717, 1.165) is 13.0 Å². The molecule has 1 heterocycles. The van der Waals surface area contributed by atoms with E-state index in [1.54, 1.807) is 6.07 Å². The lowest BCUT2D eigenvalue weighted by Crippen LogP contribution is -2.31. The lowest BCUT2D eigenvalue weighted by molar-refractivity contribution is 0.450. The average Bonchev–Trinajstić information content (AvgIpc) is 2.78. The van der Waals surface area contributed by atoms with Crippen LogP contribution in [0.25, 0.3) is 0 Å². The Morgan fingerprint density at radius 1 is 1.47 bits per heavy atom. The zero-order valence-electron chi connectivity index (χ0n) is 11.0. The van der Waals surface area contributed by atoms with Gasteiger partial charge in [0.1, 0.15) is 5.82 Å². The average molecular weight is 286 g/mol. The lowest BCUT2D eigenvalue weighted by atomic mass is 10.1. The fourth-order valence-electron chi connectivity index (χ4n) is 2.43. The van der Waals surface area contributed by atoms with Crippen LogP contribution in [-0.2, 0) is 15.8 Å². The molecule has 0 amide bonds. The molecule has 1 atom stereocenters. The minimum absolute atomic E-state index is 0.128. The molecule has 0 radical (unpaired) electrons. The van der Waals surface area contributed by atoms with Gasteiger partial charge in [0.15, 0.2) is 0 Å². The number of halogens is 1. The Morgan fingerprint density at radius 2 is 2.26 bits per heavy atom. The molecule has 0 spiro atoms. The summed E-state index contributed by atoms with van der Waals surface area (Å²) in [6.45, 7) is 1.94. The molecule has 1 aromatic rings. The van der Waals surface area contributed by atoms with E-state index in [1.165, 1.54) is 22.5 Å². The van der Waals surface area contributed by atoms with Crippen molar-refractivity contribution in [3.05, 3.63) is 35.6 Å². The zero-order chi connectivity index (χ0) is 13.9. The van der Waals surface area contributed by atoms with Crippen LogP contribution in [0.4, 0.5) is 4.39 Å². The first-order valence-corrected chi connectivity index (χ1v) is 7.99. The van der Waals surface area contributed by atoms with Crippen molar-refractivity contribution in [1.82, 2.24) is 9.62 Å². The molecule has 0 aromatic heterocycles. The Hall–Kier alpha value is -0.980. The highest BCUT2D eigenvalue weighted by atomic mass is 32.2. The van der Waals surface area contributed by atoms with Crippen LogP contribution in [0, 0.1) is 11.7 Å². The largest absolute Gasteiger partial charge is 0.319 e. The van der Waals surface area contributed by atoms with Gasteiger partial charge in [-0.05, 0) is 43.6 Å². The van der Waals surface area contributed by atoms with Gasteiger partial charge in [0.2, 0.25) is 10.0 Å². The van der Waals surface area contributed by atoms with Crippen molar-refractivity contribution in [3.63, 3.8) is 0 Å². The second kappa shape index (κ2) is 5.98. The number of rotatable bonds is 5. The molecule has 4 nitrogen and oxygen atoms in total. The van der Waals surface area contributed by atoms with Gasteiger partial charge in [-0.1, -0.05) is 12.1 Å². The van der Waals surface area contributed by atoms with E-state index in [1.807, 2.05) is 7.05 Å². The van der Waals surface area contributed by atoms with Crippen molar-refractivity contribution in [2.24, 2.45) is 5.92 Å². The van der Waals surface area contributed by atoms with E-state index < -0.39 is 15.8 Å². The fraction of sp³-hybridized carbons (Fsp3) is 0.538. The summed E-state index contributed by atoms with van der Waals surface area (Å²) in [5, 5.41) is 3.07. The molecule has 0 aliphatic carbocycles. The number of benzene rings is 1. The molecule has 19 heavy (non-hydrogen) atoms. The summed E-state index contributed by atoms with van der Waals surface area (Å²) in [5.74, 6) is -0.161. The first kappa shape index (κ1) is 14.4. The molecule has 106 valence electrons. The molecule has 1 saturated heterocycles. The van der Waals surface area contributed by atoms with Crippen LogP contribution in [0.15, 0.2) is 24.3 Å². The van der Waals surface area contributed by atoms with E-state index in [9.17, 15) is 12.8 Å². The molecule has 2 rings (SSSR count).